The molecule has 0 aliphatic carbocycles. The molecule has 4 rings (SSSR count). The van der Waals surface area contributed by atoms with Gasteiger partial charge in [-0.2, -0.15) is 0 Å². The number of anilines is 2. The summed E-state index contributed by atoms with van der Waals surface area (Å²) in [5.74, 6) is 1.11. The Balaban J connectivity index is 1.38. The fraction of sp³-hybridized carbons (Fsp3) is 0.304. The maximum atomic E-state index is 4.70. The van der Waals surface area contributed by atoms with Gasteiger partial charge in [-0.1, -0.05) is 24.3 Å². The number of hydrogen-bond acceptors (Lipinski definition) is 5. The lowest BCUT2D eigenvalue weighted by Crippen LogP contribution is -2.47. The van der Waals surface area contributed by atoms with E-state index in [0.717, 1.165) is 45.1 Å². The zero-order chi connectivity index (χ0) is 19.2. The number of hydrogen-bond donors (Lipinski definition) is 1. The SMILES string of the molecule is Cc1ccccc1N1CCN(c2ncccc2CNCc2ccncc2)CC1. The molecule has 1 aliphatic rings. The summed E-state index contributed by atoms with van der Waals surface area (Å²) >= 11 is 0. The summed E-state index contributed by atoms with van der Waals surface area (Å²) in [6.07, 6.45) is 5.57. The number of benzene rings is 1. The van der Waals surface area contributed by atoms with Gasteiger partial charge in [-0.05, 0) is 42.3 Å². The molecule has 0 amide bonds. The fourth-order valence-corrected chi connectivity index (χ4v) is 3.77. The third-order valence-electron chi connectivity index (χ3n) is 5.30. The average Bonchev–Trinajstić information content (AvgIpc) is 2.75. The molecule has 3 heterocycles. The molecule has 0 radical (unpaired) electrons. The lowest BCUT2D eigenvalue weighted by molar-refractivity contribution is 0.635. The zero-order valence-corrected chi connectivity index (χ0v) is 16.4. The Morgan fingerprint density at radius 1 is 0.821 bits per heavy atom. The fourth-order valence-electron chi connectivity index (χ4n) is 3.77. The minimum atomic E-state index is 0.809. The van der Waals surface area contributed by atoms with Crippen molar-refractivity contribution in [2.24, 2.45) is 0 Å². The van der Waals surface area contributed by atoms with Crippen LogP contribution in [0, 0.1) is 6.92 Å². The van der Waals surface area contributed by atoms with Gasteiger partial charge >= 0.3 is 0 Å². The number of piperazine rings is 1. The summed E-state index contributed by atoms with van der Waals surface area (Å²) in [4.78, 5) is 13.7. The lowest BCUT2D eigenvalue weighted by Gasteiger charge is -2.38. The standard InChI is InChI=1S/C23H27N5/c1-19-5-2-3-7-22(19)27-13-15-28(16-14-27)23-21(6-4-10-26-23)18-25-17-20-8-11-24-12-9-20/h2-12,25H,13-18H2,1H3. The Bertz CT molecular complexity index is 888. The van der Waals surface area contributed by atoms with Gasteiger partial charge in [0.05, 0.1) is 0 Å². The molecule has 5 heteroatoms. The van der Waals surface area contributed by atoms with Crippen molar-refractivity contribution in [2.75, 3.05) is 36.0 Å². The Kier molecular flexibility index (Phi) is 5.83. The highest BCUT2D eigenvalue weighted by molar-refractivity contribution is 5.55. The summed E-state index contributed by atoms with van der Waals surface area (Å²) in [6, 6.07) is 16.9. The van der Waals surface area contributed by atoms with E-state index < -0.39 is 0 Å². The van der Waals surface area contributed by atoms with Crippen molar-refractivity contribution in [2.45, 2.75) is 20.0 Å². The lowest BCUT2D eigenvalue weighted by atomic mass is 10.1. The average molecular weight is 374 g/mol. The monoisotopic (exact) mass is 373 g/mol. The van der Waals surface area contributed by atoms with Crippen LogP contribution in [0.25, 0.3) is 0 Å². The number of nitrogens with one attached hydrogen (secondary N) is 1. The molecular formula is C23H27N5. The van der Waals surface area contributed by atoms with Crippen LogP contribution in [0.4, 0.5) is 11.5 Å². The number of nitrogens with zero attached hydrogens (tertiary/aromatic N) is 4. The van der Waals surface area contributed by atoms with E-state index in [4.69, 9.17) is 4.98 Å². The van der Waals surface area contributed by atoms with Gasteiger partial charge in [0.2, 0.25) is 0 Å². The smallest absolute Gasteiger partial charge is 0.133 e. The van der Waals surface area contributed by atoms with E-state index in [-0.39, 0.29) is 0 Å². The molecular weight excluding hydrogens is 346 g/mol. The Labute approximate surface area is 167 Å². The second kappa shape index (κ2) is 8.85. The first-order valence-corrected chi connectivity index (χ1v) is 9.90. The predicted octanol–water partition coefficient (Wildman–Crippen LogP) is 3.40. The molecule has 1 fully saturated rings. The van der Waals surface area contributed by atoms with E-state index >= 15 is 0 Å². The Morgan fingerprint density at radius 3 is 2.36 bits per heavy atom. The predicted molar refractivity (Wildman–Crippen MR) is 115 cm³/mol. The van der Waals surface area contributed by atoms with Crippen molar-refractivity contribution in [1.82, 2.24) is 15.3 Å². The van der Waals surface area contributed by atoms with Crippen LogP contribution in [0.5, 0.6) is 0 Å². The van der Waals surface area contributed by atoms with Crippen LogP contribution in [0.2, 0.25) is 0 Å². The number of aryl methyl sites for hydroxylation is 1. The molecule has 1 aliphatic heterocycles. The first-order chi connectivity index (χ1) is 13.8. The van der Waals surface area contributed by atoms with Gasteiger partial charge in [0, 0.05) is 69.1 Å². The zero-order valence-electron chi connectivity index (χ0n) is 16.4. The van der Waals surface area contributed by atoms with Crippen molar-refractivity contribution in [3.63, 3.8) is 0 Å². The molecule has 0 saturated carbocycles. The quantitative estimate of drug-likeness (QED) is 0.717. The third kappa shape index (κ3) is 4.31. The van der Waals surface area contributed by atoms with Crippen molar-refractivity contribution in [3.8, 4) is 0 Å². The van der Waals surface area contributed by atoms with Crippen molar-refractivity contribution >= 4 is 11.5 Å². The molecule has 0 unspecified atom stereocenters. The maximum Gasteiger partial charge on any atom is 0.133 e. The van der Waals surface area contributed by atoms with Crippen LogP contribution in [0.3, 0.4) is 0 Å². The highest BCUT2D eigenvalue weighted by Crippen LogP contribution is 2.24. The molecule has 28 heavy (non-hydrogen) atoms. The van der Waals surface area contributed by atoms with E-state index in [1.165, 1.54) is 22.4 Å². The largest absolute Gasteiger partial charge is 0.368 e. The molecule has 3 aromatic rings. The molecule has 144 valence electrons. The van der Waals surface area contributed by atoms with E-state index in [0.29, 0.717) is 0 Å². The van der Waals surface area contributed by atoms with Crippen LogP contribution in [0.15, 0.2) is 67.1 Å². The Morgan fingerprint density at radius 2 is 1.57 bits per heavy atom. The molecule has 1 saturated heterocycles. The summed E-state index contributed by atoms with van der Waals surface area (Å²) in [5.41, 5.74) is 5.19. The summed E-state index contributed by atoms with van der Waals surface area (Å²) in [5, 5.41) is 3.53. The van der Waals surface area contributed by atoms with E-state index in [9.17, 15) is 0 Å². The van der Waals surface area contributed by atoms with Gasteiger partial charge in [-0.25, -0.2) is 4.98 Å². The van der Waals surface area contributed by atoms with Crippen molar-refractivity contribution in [1.29, 1.82) is 0 Å². The number of aromatic nitrogens is 2. The van der Waals surface area contributed by atoms with Gasteiger partial charge in [-0.15, -0.1) is 0 Å². The Hall–Kier alpha value is -2.92. The van der Waals surface area contributed by atoms with Gasteiger partial charge in [0.1, 0.15) is 5.82 Å². The first kappa shape index (κ1) is 18.4. The minimum absolute atomic E-state index is 0.809. The van der Waals surface area contributed by atoms with Crippen LogP contribution in [0.1, 0.15) is 16.7 Å². The minimum Gasteiger partial charge on any atom is -0.368 e. The van der Waals surface area contributed by atoms with Gasteiger partial charge in [-0.3, -0.25) is 4.98 Å². The highest BCUT2D eigenvalue weighted by Gasteiger charge is 2.20. The topological polar surface area (TPSA) is 44.3 Å². The molecule has 0 spiro atoms. The second-order valence-electron chi connectivity index (χ2n) is 7.21. The number of para-hydroxylation sites is 1. The summed E-state index contributed by atoms with van der Waals surface area (Å²) in [6.45, 7) is 7.84. The third-order valence-corrected chi connectivity index (χ3v) is 5.30. The molecule has 5 nitrogen and oxygen atoms in total. The van der Waals surface area contributed by atoms with Gasteiger partial charge in [0.15, 0.2) is 0 Å². The van der Waals surface area contributed by atoms with Crippen LogP contribution in [-0.4, -0.2) is 36.1 Å². The molecule has 0 bridgehead atoms. The molecule has 2 aromatic heterocycles. The number of rotatable bonds is 6. The highest BCUT2D eigenvalue weighted by atomic mass is 15.3. The van der Waals surface area contributed by atoms with Crippen molar-refractivity contribution < 1.29 is 0 Å². The van der Waals surface area contributed by atoms with E-state index in [1.54, 1.807) is 0 Å². The van der Waals surface area contributed by atoms with Crippen LogP contribution in [-0.2, 0) is 13.1 Å². The molecule has 1 aromatic carbocycles. The first-order valence-electron chi connectivity index (χ1n) is 9.90. The van der Waals surface area contributed by atoms with Crippen LogP contribution >= 0.6 is 0 Å². The summed E-state index contributed by atoms with van der Waals surface area (Å²) < 4.78 is 0. The number of pyridine rings is 2. The molecule has 0 atom stereocenters. The van der Waals surface area contributed by atoms with Gasteiger partial charge < -0.3 is 15.1 Å². The summed E-state index contributed by atoms with van der Waals surface area (Å²) in [7, 11) is 0. The molecule has 1 N–H and O–H groups in total. The van der Waals surface area contributed by atoms with Crippen molar-refractivity contribution in [3.05, 3.63) is 83.8 Å². The van der Waals surface area contributed by atoms with Gasteiger partial charge in [0.25, 0.3) is 0 Å². The van der Waals surface area contributed by atoms with E-state index in [2.05, 4.69) is 57.4 Å². The van der Waals surface area contributed by atoms with E-state index in [1.807, 2.05) is 36.8 Å². The normalized spacial score (nSPS) is 14.3. The second-order valence-corrected chi connectivity index (χ2v) is 7.21. The maximum absolute atomic E-state index is 4.70. The van der Waals surface area contributed by atoms with Crippen LogP contribution < -0.4 is 15.1 Å².